The molecule has 0 aromatic heterocycles. The molecule has 18 heavy (non-hydrogen) atoms. The number of hydrogen-bond donors (Lipinski definition) is 2. The van der Waals surface area contributed by atoms with Crippen LogP contribution in [0.5, 0.6) is 0 Å². The molecule has 0 aliphatic carbocycles. The standard InChI is InChI=1S/C12H17N3O2S/c1-9-2-3-10(12(13)14-16)11(8-9)15-4-6-18(17)7-5-15/h2-3,8,16H,4-7H2,1H3,(H2,13,14). The Morgan fingerprint density at radius 3 is 2.72 bits per heavy atom. The van der Waals surface area contributed by atoms with Gasteiger partial charge in [-0.05, 0) is 24.6 Å². The predicted molar refractivity (Wildman–Crippen MR) is 73.8 cm³/mol. The van der Waals surface area contributed by atoms with Crippen molar-refractivity contribution < 1.29 is 9.42 Å². The molecule has 0 radical (unpaired) electrons. The van der Waals surface area contributed by atoms with Gasteiger partial charge in [0.2, 0.25) is 0 Å². The number of hydrogen-bond acceptors (Lipinski definition) is 4. The van der Waals surface area contributed by atoms with E-state index >= 15 is 0 Å². The van der Waals surface area contributed by atoms with Crippen molar-refractivity contribution in [2.75, 3.05) is 29.5 Å². The first-order valence-electron chi connectivity index (χ1n) is 5.80. The monoisotopic (exact) mass is 267 g/mol. The number of anilines is 1. The van der Waals surface area contributed by atoms with Crippen LogP contribution in [0.1, 0.15) is 11.1 Å². The fourth-order valence-corrected chi connectivity index (χ4v) is 3.10. The summed E-state index contributed by atoms with van der Waals surface area (Å²) in [6.45, 7) is 3.48. The van der Waals surface area contributed by atoms with E-state index in [1.807, 2.05) is 25.1 Å². The molecule has 1 fully saturated rings. The van der Waals surface area contributed by atoms with E-state index in [1.165, 1.54) is 0 Å². The van der Waals surface area contributed by atoms with Crippen LogP contribution in [-0.2, 0) is 10.8 Å². The molecule has 1 heterocycles. The lowest BCUT2D eigenvalue weighted by molar-refractivity contribution is 0.318. The Morgan fingerprint density at radius 1 is 1.44 bits per heavy atom. The Bertz CT molecular complexity index is 492. The van der Waals surface area contributed by atoms with Crippen LogP contribution in [0.15, 0.2) is 23.4 Å². The Hall–Kier alpha value is -1.56. The summed E-state index contributed by atoms with van der Waals surface area (Å²) in [7, 11) is -0.712. The van der Waals surface area contributed by atoms with Crippen LogP contribution < -0.4 is 10.6 Å². The van der Waals surface area contributed by atoms with Gasteiger partial charge in [-0.25, -0.2) is 0 Å². The molecule has 0 atom stereocenters. The quantitative estimate of drug-likeness (QED) is 0.357. The van der Waals surface area contributed by atoms with Gasteiger partial charge in [0.25, 0.3) is 0 Å². The number of rotatable bonds is 2. The van der Waals surface area contributed by atoms with Gasteiger partial charge in [-0.3, -0.25) is 4.21 Å². The van der Waals surface area contributed by atoms with Crippen molar-refractivity contribution in [3.8, 4) is 0 Å². The van der Waals surface area contributed by atoms with E-state index in [-0.39, 0.29) is 5.84 Å². The van der Waals surface area contributed by atoms with E-state index < -0.39 is 10.8 Å². The number of aryl methyl sites for hydroxylation is 1. The number of nitrogens with two attached hydrogens (primary N) is 1. The van der Waals surface area contributed by atoms with E-state index in [4.69, 9.17) is 10.9 Å². The predicted octanol–water partition coefficient (Wildman–Crippen LogP) is 0.658. The average molecular weight is 267 g/mol. The maximum Gasteiger partial charge on any atom is 0.172 e. The summed E-state index contributed by atoms with van der Waals surface area (Å²) in [4.78, 5) is 2.14. The zero-order valence-corrected chi connectivity index (χ0v) is 11.1. The van der Waals surface area contributed by atoms with E-state index in [0.29, 0.717) is 11.5 Å². The van der Waals surface area contributed by atoms with Crippen LogP contribution in [0.4, 0.5) is 5.69 Å². The van der Waals surface area contributed by atoms with E-state index in [1.54, 1.807) is 0 Å². The smallest absolute Gasteiger partial charge is 0.172 e. The van der Waals surface area contributed by atoms with Gasteiger partial charge in [0.1, 0.15) is 0 Å². The van der Waals surface area contributed by atoms with Crippen molar-refractivity contribution in [2.45, 2.75) is 6.92 Å². The second-order valence-corrected chi connectivity index (χ2v) is 6.04. The number of amidine groups is 1. The molecule has 0 amide bonds. The van der Waals surface area contributed by atoms with Gasteiger partial charge in [-0.1, -0.05) is 11.2 Å². The molecule has 2 rings (SSSR count). The minimum Gasteiger partial charge on any atom is -0.409 e. The van der Waals surface area contributed by atoms with Crippen LogP contribution in [-0.4, -0.2) is 39.8 Å². The SMILES string of the molecule is Cc1ccc(C(N)=NO)c(N2CCS(=O)CC2)c1. The van der Waals surface area contributed by atoms with Crippen molar-refractivity contribution in [2.24, 2.45) is 10.9 Å². The first-order chi connectivity index (χ1) is 8.61. The van der Waals surface area contributed by atoms with Gasteiger partial charge in [0.15, 0.2) is 5.84 Å². The maximum absolute atomic E-state index is 11.4. The summed E-state index contributed by atoms with van der Waals surface area (Å²) >= 11 is 0. The molecule has 6 heteroatoms. The molecule has 1 aromatic rings. The van der Waals surface area contributed by atoms with Gasteiger partial charge in [-0.2, -0.15) is 0 Å². The lowest BCUT2D eigenvalue weighted by Crippen LogP contribution is -2.39. The molecule has 0 spiro atoms. The fraction of sp³-hybridized carbons (Fsp3) is 0.417. The van der Waals surface area contributed by atoms with Crippen molar-refractivity contribution in [1.82, 2.24) is 0 Å². The number of nitrogens with zero attached hydrogens (tertiary/aromatic N) is 2. The minimum absolute atomic E-state index is 0.108. The third-order valence-corrected chi connectivity index (χ3v) is 4.33. The topological polar surface area (TPSA) is 78.9 Å². The van der Waals surface area contributed by atoms with Gasteiger partial charge >= 0.3 is 0 Å². The third kappa shape index (κ3) is 2.64. The van der Waals surface area contributed by atoms with Crippen LogP contribution >= 0.6 is 0 Å². The summed E-state index contributed by atoms with van der Waals surface area (Å²) in [5.74, 6) is 1.45. The first-order valence-corrected chi connectivity index (χ1v) is 7.29. The number of benzene rings is 1. The molecule has 0 saturated carbocycles. The Balaban J connectivity index is 2.36. The molecule has 1 aliphatic heterocycles. The van der Waals surface area contributed by atoms with Gasteiger partial charge in [0.05, 0.1) is 0 Å². The zero-order chi connectivity index (χ0) is 13.1. The number of oxime groups is 1. The maximum atomic E-state index is 11.4. The molecule has 1 aromatic carbocycles. The zero-order valence-electron chi connectivity index (χ0n) is 10.3. The second-order valence-electron chi connectivity index (χ2n) is 4.34. The Morgan fingerprint density at radius 2 is 2.11 bits per heavy atom. The second kappa shape index (κ2) is 5.39. The summed E-state index contributed by atoms with van der Waals surface area (Å²) in [5, 5.41) is 11.9. The van der Waals surface area contributed by atoms with Crippen molar-refractivity contribution in [1.29, 1.82) is 0 Å². The highest BCUT2D eigenvalue weighted by Gasteiger charge is 2.19. The molecule has 0 bridgehead atoms. The molecular weight excluding hydrogens is 250 g/mol. The average Bonchev–Trinajstić information content (AvgIpc) is 2.38. The van der Waals surface area contributed by atoms with Crippen LogP contribution in [0.3, 0.4) is 0 Å². The highest BCUT2D eigenvalue weighted by atomic mass is 32.2. The molecule has 1 aliphatic rings. The van der Waals surface area contributed by atoms with Crippen molar-refractivity contribution in [3.63, 3.8) is 0 Å². The highest BCUT2D eigenvalue weighted by Crippen LogP contribution is 2.23. The van der Waals surface area contributed by atoms with Gasteiger partial charge < -0.3 is 15.8 Å². The molecular formula is C12H17N3O2S. The van der Waals surface area contributed by atoms with E-state index in [2.05, 4.69) is 10.1 Å². The molecule has 0 unspecified atom stereocenters. The van der Waals surface area contributed by atoms with Crippen molar-refractivity contribution in [3.05, 3.63) is 29.3 Å². The van der Waals surface area contributed by atoms with E-state index in [9.17, 15) is 4.21 Å². The summed E-state index contributed by atoms with van der Waals surface area (Å²) in [6.07, 6.45) is 0. The highest BCUT2D eigenvalue weighted by molar-refractivity contribution is 7.85. The molecule has 98 valence electrons. The van der Waals surface area contributed by atoms with Crippen molar-refractivity contribution >= 4 is 22.3 Å². The summed E-state index contributed by atoms with van der Waals surface area (Å²) in [6, 6.07) is 5.80. The van der Waals surface area contributed by atoms with E-state index in [0.717, 1.165) is 29.9 Å². The first kappa shape index (κ1) is 12.9. The lowest BCUT2D eigenvalue weighted by Gasteiger charge is -2.30. The summed E-state index contributed by atoms with van der Waals surface area (Å²) < 4.78 is 11.4. The minimum atomic E-state index is -0.712. The molecule has 3 N–H and O–H groups in total. The van der Waals surface area contributed by atoms with Crippen LogP contribution in [0, 0.1) is 6.92 Å². The third-order valence-electron chi connectivity index (χ3n) is 3.06. The largest absolute Gasteiger partial charge is 0.409 e. The lowest BCUT2D eigenvalue weighted by atomic mass is 10.1. The normalized spacial score (nSPS) is 18.1. The molecule has 1 saturated heterocycles. The van der Waals surface area contributed by atoms with Gasteiger partial charge in [-0.15, -0.1) is 0 Å². The van der Waals surface area contributed by atoms with Crippen LogP contribution in [0.2, 0.25) is 0 Å². The fourth-order valence-electron chi connectivity index (χ4n) is 2.05. The summed E-state index contributed by atoms with van der Waals surface area (Å²) in [5.41, 5.74) is 8.47. The Labute approximate surface area is 109 Å². The van der Waals surface area contributed by atoms with Crippen LogP contribution in [0.25, 0.3) is 0 Å². The molecule has 5 nitrogen and oxygen atoms in total. The van der Waals surface area contributed by atoms with Gasteiger partial charge in [0, 0.05) is 46.6 Å². The Kier molecular flexibility index (Phi) is 3.86.